The number of piperazine rings is 1. The lowest BCUT2D eigenvalue weighted by molar-refractivity contribution is -0.127. The zero-order valence-electron chi connectivity index (χ0n) is 9.53. The Morgan fingerprint density at radius 2 is 2.18 bits per heavy atom. The van der Waals surface area contributed by atoms with Gasteiger partial charge in [0.25, 0.3) is 0 Å². The van der Waals surface area contributed by atoms with Crippen molar-refractivity contribution in [3.8, 4) is 0 Å². The van der Waals surface area contributed by atoms with Gasteiger partial charge in [-0.2, -0.15) is 0 Å². The third-order valence-electron chi connectivity index (χ3n) is 2.93. The van der Waals surface area contributed by atoms with Crippen molar-refractivity contribution in [1.29, 1.82) is 0 Å². The summed E-state index contributed by atoms with van der Waals surface area (Å²) in [6, 6.07) is 6.42. The first-order chi connectivity index (χ1) is 8.20. The van der Waals surface area contributed by atoms with E-state index in [1.165, 1.54) is 18.2 Å². The molecule has 1 aliphatic rings. The molecule has 1 amide bonds. The first kappa shape index (κ1) is 11.8. The Labute approximate surface area is 99.9 Å². The van der Waals surface area contributed by atoms with Gasteiger partial charge in [-0.15, -0.1) is 0 Å². The van der Waals surface area contributed by atoms with E-state index in [4.69, 9.17) is 0 Å². The Hall–Kier alpha value is -1.68. The van der Waals surface area contributed by atoms with Gasteiger partial charge in [-0.05, 0) is 23.8 Å². The highest BCUT2D eigenvalue weighted by Gasteiger charge is 2.22. The summed E-state index contributed by atoms with van der Waals surface area (Å²) in [7, 11) is 0. The first-order valence-corrected chi connectivity index (χ1v) is 5.61. The van der Waals surface area contributed by atoms with E-state index in [9.17, 15) is 9.18 Å². The molecule has 1 unspecified atom stereocenters. The molecule has 0 radical (unpaired) electrons. The topological polar surface area (TPSA) is 32.3 Å². The Balaban J connectivity index is 2.09. The van der Waals surface area contributed by atoms with Crippen LogP contribution in [0.2, 0.25) is 0 Å². The van der Waals surface area contributed by atoms with Gasteiger partial charge in [0.2, 0.25) is 5.91 Å². The number of hydrogen-bond acceptors (Lipinski definition) is 2. The van der Waals surface area contributed by atoms with Crippen LogP contribution >= 0.6 is 0 Å². The van der Waals surface area contributed by atoms with Crippen LogP contribution in [-0.2, 0) is 4.79 Å². The van der Waals surface area contributed by atoms with Gasteiger partial charge in [0.05, 0.1) is 0 Å². The Morgan fingerprint density at radius 3 is 2.82 bits per heavy atom. The Morgan fingerprint density at radius 1 is 1.47 bits per heavy atom. The molecule has 1 saturated heterocycles. The average molecular weight is 234 g/mol. The molecule has 1 aromatic rings. The molecule has 1 N–H and O–H groups in total. The second kappa shape index (κ2) is 5.10. The van der Waals surface area contributed by atoms with Crippen molar-refractivity contribution in [1.82, 2.24) is 10.2 Å². The van der Waals surface area contributed by atoms with E-state index in [1.807, 2.05) is 0 Å². The number of carbonyl (C=O) groups excluding carboxylic acids is 1. The molecule has 1 aliphatic heterocycles. The van der Waals surface area contributed by atoms with Gasteiger partial charge in [-0.3, -0.25) is 4.79 Å². The van der Waals surface area contributed by atoms with Gasteiger partial charge in [0, 0.05) is 25.7 Å². The van der Waals surface area contributed by atoms with Crippen LogP contribution < -0.4 is 5.32 Å². The summed E-state index contributed by atoms with van der Waals surface area (Å²) in [5, 5.41) is 3.31. The highest BCUT2D eigenvalue weighted by molar-refractivity contribution is 5.87. The number of rotatable bonds is 2. The molecule has 0 saturated carbocycles. The molecule has 17 heavy (non-hydrogen) atoms. The van der Waals surface area contributed by atoms with Crippen LogP contribution in [0.1, 0.15) is 11.6 Å². The second-order valence-corrected chi connectivity index (χ2v) is 4.05. The molecule has 1 aromatic carbocycles. The lowest BCUT2D eigenvalue weighted by Crippen LogP contribution is -2.47. The quantitative estimate of drug-likeness (QED) is 0.786. The van der Waals surface area contributed by atoms with Crippen LogP contribution in [0.25, 0.3) is 0 Å². The maximum atomic E-state index is 12.8. The van der Waals surface area contributed by atoms with Crippen molar-refractivity contribution in [2.75, 3.05) is 19.6 Å². The number of nitrogens with one attached hydrogen (secondary N) is 1. The van der Waals surface area contributed by atoms with Crippen LogP contribution in [0.15, 0.2) is 36.9 Å². The van der Waals surface area contributed by atoms with Crippen LogP contribution in [0, 0.1) is 5.82 Å². The highest BCUT2D eigenvalue weighted by atomic mass is 19.1. The third kappa shape index (κ3) is 2.71. The number of amides is 1. The Kier molecular flexibility index (Phi) is 3.54. The average Bonchev–Trinajstić information content (AvgIpc) is 2.39. The zero-order valence-corrected chi connectivity index (χ0v) is 9.53. The number of hydrogen-bond donors (Lipinski definition) is 1. The SMILES string of the molecule is C=CC(=O)N1CCNC(c2ccc(F)cc2)C1. The molecule has 0 aromatic heterocycles. The second-order valence-electron chi connectivity index (χ2n) is 4.05. The molecule has 0 spiro atoms. The van der Waals surface area contributed by atoms with E-state index >= 15 is 0 Å². The molecule has 4 heteroatoms. The van der Waals surface area contributed by atoms with Gasteiger partial charge in [0.1, 0.15) is 5.82 Å². The van der Waals surface area contributed by atoms with Crippen molar-refractivity contribution in [3.63, 3.8) is 0 Å². The highest BCUT2D eigenvalue weighted by Crippen LogP contribution is 2.17. The molecule has 1 heterocycles. The molecular weight excluding hydrogens is 219 g/mol. The standard InChI is InChI=1S/C13H15FN2O/c1-2-13(17)16-8-7-15-12(9-16)10-3-5-11(14)6-4-10/h2-6,12,15H,1,7-9H2. The summed E-state index contributed by atoms with van der Waals surface area (Å²) in [6.45, 7) is 5.50. The molecule has 90 valence electrons. The van der Waals surface area contributed by atoms with Crippen LogP contribution in [0.5, 0.6) is 0 Å². The molecule has 0 aliphatic carbocycles. The fourth-order valence-corrected chi connectivity index (χ4v) is 2.00. The van der Waals surface area contributed by atoms with E-state index in [0.717, 1.165) is 12.1 Å². The minimum Gasteiger partial charge on any atom is -0.336 e. The van der Waals surface area contributed by atoms with Crippen LogP contribution in [0.4, 0.5) is 4.39 Å². The van der Waals surface area contributed by atoms with Gasteiger partial charge in [-0.25, -0.2) is 4.39 Å². The van der Waals surface area contributed by atoms with E-state index < -0.39 is 0 Å². The molecule has 0 bridgehead atoms. The number of benzene rings is 1. The third-order valence-corrected chi connectivity index (χ3v) is 2.93. The first-order valence-electron chi connectivity index (χ1n) is 5.61. The summed E-state index contributed by atoms with van der Waals surface area (Å²) in [5.41, 5.74) is 0.993. The zero-order chi connectivity index (χ0) is 12.3. The van der Waals surface area contributed by atoms with E-state index in [2.05, 4.69) is 11.9 Å². The van der Waals surface area contributed by atoms with Crippen molar-refractivity contribution in [2.24, 2.45) is 0 Å². The minimum atomic E-state index is -0.247. The minimum absolute atomic E-state index is 0.0568. The van der Waals surface area contributed by atoms with Crippen molar-refractivity contribution in [3.05, 3.63) is 48.3 Å². The smallest absolute Gasteiger partial charge is 0.246 e. The number of nitrogens with zero attached hydrogens (tertiary/aromatic N) is 1. The monoisotopic (exact) mass is 234 g/mol. The van der Waals surface area contributed by atoms with Crippen LogP contribution in [0.3, 0.4) is 0 Å². The summed E-state index contributed by atoms with van der Waals surface area (Å²) in [4.78, 5) is 13.3. The predicted octanol–water partition coefficient (Wildman–Crippen LogP) is 1.48. The van der Waals surface area contributed by atoms with Crippen molar-refractivity contribution < 1.29 is 9.18 Å². The number of carbonyl (C=O) groups is 1. The molecule has 1 atom stereocenters. The van der Waals surface area contributed by atoms with E-state index in [1.54, 1.807) is 17.0 Å². The van der Waals surface area contributed by atoms with Gasteiger partial charge in [0.15, 0.2) is 0 Å². The maximum Gasteiger partial charge on any atom is 0.246 e. The van der Waals surface area contributed by atoms with Gasteiger partial charge >= 0.3 is 0 Å². The lowest BCUT2D eigenvalue weighted by atomic mass is 10.0. The van der Waals surface area contributed by atoms with Crippen LogP contribution in [-0.4, -0.2) is 30.4 Å². The van der Waals surface area contributed by atoms with Gasteiger partial charge < -0.3 is 10.2 Å². The summed E-state index contributed by atoms with van der Waals surface area (Å²) >= 11 is 0. The normalized spacial score (nSPS) is 20.1. The van der Waals surface area contributed by atoms with E-state index in [-0.39, 0.29) is 17.8 Å². The van der Waals surface area contributed by atoms with Crippen molar-refractivity contribution in [2.45, 2.75) is 6.04 Å². The summed E-state index contributed by atoms with van der Waals surface area (Å²) in [5.74, 6) is -0.304. The predicted molar refractivity (Wildman–Crippen MR) is 63.9 cm³/mol. The number of halogens is 1. The molecule has 3 nitrogen and oxygen atoms in total. The lowest BCUT2D eigenvalue weighted by Gasteiger charge is -2.33. The van der Waals surface area contributed by atoms with Gasteiger partial charge in [-0.1, -0.05) is 18.7 Å². The maximum absolute atomic E-state index is 12.8. The summed E-state index contributed by atoms with van der Waals surface area (Å²) < 4.78 is 12.8. The van der Waals surface area contributed by atoms with E-state index in [0.29, 0.717) is 13.1 Å². The summed E-state index contributed by atoms with van der Waals surface area (Å²) in [6.07, 6.45) is 1.33. The largest absolute Gasteiger partial charge is 0.336 e. The fraction of sp³-hybridized carbons (Fsp3) is 0.308. The fourth-order valence-electron chi connectivity index (χ4n) is 2.00. The molecule has 1 fully saturated rings. The molecule has 2 rings (SSSR count). The Bertz CT molecular complexity index is 416. The van der Waals surface area contributed by atoms with Crippen molar-refractivity contribution >= 4 is 5.91 Å². The molecular formula is C13H15FN2O.